The molecule has 2 nitrogen and oxygen atoms in total. The van der Waals surface area contributed by atoms with Gasteiger partial charge in [0.2, 0.25) is 0 Å². The predicted octanol–water partition coefficient (Wildman–Crippen LogP) is 1.51. The smallest absolute Gasteiger partial charge is 0.303 e. The molecule has 0 saturated carbocycles. The number of hydrogen-bond donors (Lipinski definition) is 1. The zero-order valence-corrected chi connectivity index (χ0v) is 5.14. The third-order valence-electron chi connectivity index (χ3n) is 0.662. The van der Waals surface area contributed by atoms with Crippen molar-refractivity contribution in [2.24, 2.45) is 5.92 Å². The van der Waals surface area contributed by atoms with Crippen LogP contribution in [0.25, 0.3) is 0 Å². The Labute approximate surface area is 52.3 Å². The Morgan fingerprint density at radius 3 is 2.50 bits per heavy atom. The average Bonchev–Trinajstić information content (AvgIpc) is 1.60. The monoisotopic (exact) mass is 118 g/mol. The Morgan fingerprint density at radius 1 is 1.88 bits per heavy atom. The molecule has 0 rings (SSSR count). The third-order valence-corrected chi connectivity index (χ3v) is 0.662. The number of carboxylic acids is 1. The fraction of sp³-hybridized carbons (Fsp3) is 0.833. The van der Waals surface area contributed by atoms with Gasteiger partial charge in [0.15, 0.2) is 0 Å². The van der Waals surface area contributed by atoms with Crippen molar-refractivity contribution in [2.75, 3.05) is 0 Å². The van der Waals surface area contributed by atoms with E-state index >= 15 is 0 Å². The Hall–Kier alpha value is -0.530. The van der Waals surface area contributed by atoms with Crippen molar-refractivity contribution in [2.45, 2.75) is 26.6 Å². The van der Waals surface area contributed by atoms with Crippen LogP contribution >= 0.6 is 0 Å². The molecule has 1 N–H and O–H groups in total. The summed E-state index contributed by atoms with van der Waals surface area (Å²) in [5, 5.41) is 8.32. The van der Waals surface area contributed by atoms with E-state index < -0.39 is 12.3 Å². The lowest BCUT2D eigenvalue weighted by molar-refractivity contribution is -0.137. The van der Waals surface area contributed by atoms with Gasteiger partial charge in [-0.3, -0.25) is 4.79 Å². The zero-order valence-electron chi connectivity index (χ0n) is 7.14. The first-order chi connectivity index (χ1) is 4.36. The molecule has 0 fully saturated rings. The van der Waals surface area contributed by atoms with Gasteiger partial charge in [-0.2, -0.15) is 0 Å². The highest BCUT2D eigenvalue weighted by atomic mass is 16.4. The molecule has 2 heteroatoms. The molecule has 0 unspecified atom stereocenters. The normalized spacial score (nSPS) is 15.4. The fourth-order valence-electron chi connectivity index (χ4n) is 0.291. The molecule has 0 aromatic carbocycles. The van der Waals surface area contributed by atoms with E-state index in [0.717, 1.165) is 0 Å². The zero-order chi connectivity index (χ0) is 8.36. The molecule has 0 aromatic heterocycles. The summed E-state index contributed by atoms with van der Waals surface area (Å²) in [4.78, 5) is 10.2. The quantitative estimate of drug-likeness (QED) is 0.609. The summed E-state index contributed by atoms with van der Waals surface area (Å²) in [6, 6.07) is 0. The van der Waals surface area contributed by atoms with Gasteiger partial charge in [0.05, 0.1) is 0 Å². The lowest BCUT2D eigenvalue weighted by atomic mass is 10.1. The van der Waals surface area contributed by atoms with Gasteiger partial charge in [-0.05, 0) is 12.3 Å². The van der Waals surface area contributed by atoms with E-state index in [-0.39, 0.29) is 12.3 Å². The molecule has 0 saturated heterocycles. The van der Waals surface area contributed by atoms with E-state index in [1.54, 1.807) is 13.8 Å². The van der Waals surface area contributed by atoms with Gasteiger partial charge in [0.25, 0.3) is 0 Å². The standard InChI is InChI=1S/C6H12O2/c1-5(2)3-4-6(7)8/h5H,3-4H2,1-2H3,(H,7,8)/i4D2. The number of aliphatic carboxylic acids is 1. The minimum absolute atomic E-state index is 0.0718. The second-order valence-corrected chi connectivity index (χ2v) is 2.08. The van der Waals surface area contributed by atoms with Crippen LogP contribution in [-0.4, -0.2) is 11.1 Å². The van der Waals surface area contributed by atoms with Crippen molar-refractivity contribution >= 4 is 5.97 Å². The summed E-state index contributed by atoms with van der Waals surface area (Å²) in [6.07, 6.45) is -1.99. The average molecular weight is 118 g/mol. The molecule has 0 aliphatic heterocycles. The minimum atomic E-state index is -2.06. The van der Waals surface area contributed by atoms with Gasteiger partial charge in [0, 0.05) is 9.11 Å². The first-order valence-corrected chi connectivity index (χ1v) is 2.59. The molecule has 0 atom stereocenters. The van der Waals surface area contributed by atoms with Crippen LogP contribution in [0.1, 0.15) is 29.4 Å². The summed E-state index contributed by atoms with van der Waals surface area (Å²) >= 11 is 0. The summed E-state index contributed by atoms with van der Waals surface area (Å²) < 4.78 is 14.0. The summed E-state index contributed by atoms with van der Waals surface area (Å²) in [5.41, 5.74) is 0. The molecule has 0 aliphatic rings. The highest BCUT2D eigenvalue weighted by Crippen LogP contribution is 2.01. The van der Waals surface area contributed by atoms with Crippen LogP contribution in [0.3, 0.4) is 0 Å². The highest BCUT2D eigenvalue weighted by Gasteiger charge is 1.97. The number of hydrogen-bond acceptors (Lipinski definition) is 1. The molecule has 0 amide bonds. The van der Waals surface area contributed by atoms with Crippen LogP contribution in [0.4, 0.5) is 0 Å². The van der Waals surface area contributed by atoms with Gasteiger partial charge in [-0.1, -0.05) is 13.8 Å². The van der Waals surface area contributed by atoms with Crippen molar-refractivity contribution in [3.63, 3.8) is 0 Å². The number of carbonyl (C=O) groups is 1. The summed E-state index contributed by atoms with van der Waals surface area (Å²) in [5.74, 6) is -1.30. The van der Waals surface area contributed by atoms with Crippen LogP contribution in [-0.2, 0) is 4.79 Å². The Bertz CT molecular complexity index is 132. The first kappa shape index (κ1) is 4.36. The summed E-state index contributed by atoms with van der Waals surface area (Å²) in [6.45, 7) is 3.58. The lowest BCUT2D eigenvalue weighted by Crippen LogP contribution is -1.97. The SMILES string of the molecule is [2H]C([2H])(CC(C)C)C(=O)O. The minimum Gasteiger partial charge on any atom is -0.481 e. The molecule has 0 heterocycles. The van der Waals surface area contributed by atoms with E-state index in [9.17, 15) is 4.79 Å². The maximum Gasteiger partial charge on any atom is 0.303 e. The second kappa shape index (κ2) is 3.47. The lowest BCUT2D eigenvalue weighted by Gasteiger charge is -1.97. The van der Waals surface area contributed by atoms with Crippen molar-refractivity contribution in [1.82, 2.24) is 0 Å². The predicted molar refractivity (Wildman–Crippen MR) is 31.7 cm³/mol. The maximum absolute atomic E-state index is 10.2. The molecular weight excluding hydrogens is 104 g/mol. The van der Waals surface area contributed by atoms with Crippen molar-refractivity contribution in [3.8, 4) is 0 Å². The molecule has 0 spiro atoms. The molecule has 0 bridgehead atoms. The van der Waals surface area contributed by atoms with Gasteiger partial charge in [0.1, 0.15) is 0 Å². The van der Waals surface area contributed by atoms with Crippen LogP contribution in [0.5, 0.6) is 0 Å². The third kappa shape index (κ3) is 5.47. The molecule has 8 heavy (non-hydrogen) atoms. The van der Waals surface area contributed by atoms with E-state index in [1.165, 1.54) is 0 Å². The number of carboxylic acid groups (broad SMARTS) is 1. The maximum atomic E-state index is 10.2. The van der Waals surface area contributed by atoms with Crippen molar-refractivity contribution < 1.29 is 12.6 Å². The van der Waals surface area contributed by atoms with Gasteiger partial charge in [-0.15, -0.1) is 0 Å². The van der Waals surface area contributed by atoms with E-state index in [0.29, 0.717) is 0 Å². The molecular formula is C6H12O2. The molecule has 0 aromatic rings. The van der Waals surface area contributed by atoms with Crippen LogP contribution < -0.4 is 0 Å². The first-order valence-electron chi connectivity index (χ1n) is 3.59. The fourth-order valence-corrected chi connectivity index (χ4v) is 0.291. The largest absolute Gasteiger partial charge is 0.481 e. The Kier molecular flexibility index (Phi) is 1.89. The van der Waals surface area contributed by atoms with Crippen molar-refractivity contribution in [3.05, 3.63) is 0 Å². The summed E-state index contributed by atoms with van der Waals surface area (Å²) in [7, 11) is 0. The second-order valence-electron chi connectivity index (χ2n) is 2.08. The molecule has 48 valence electrons. The van der Waals surface area contributed by atoms with E-state index in [4.69, 9.17) is 7.85 Å². The van der Waals surface area contributed by atoms with E-state index in [1.807, 2.05) is 0 Å². The molecule has 0 aliphatic carbocycles. The highest BCUT2D eigenvalue weighted by molar-refractivity contribution is 5.66. The van der Waals surface area contributed by atoms with Crippen LogP contribution in [0.2, 0.25) is 0 Å². The molecule has 0 radical (unpaired) electrons. The van der Waals surface area contributed by atoms with E-state index in [2.05, 4.69) is 0 Å². The number of rotatable bonds is 3. The topological polar surface area (TPSA) is 37.3 Å². The van der Waals surface area contributed by atoms with Gasteiger partial charge in [-0.25, -0.2) is 0 Å². The Morgan fingerprint density at radius 2 is 2.38 bits per heavy atom. The Balaban J connectivity index is 4.00. The van der Waals surface area contributed by atoms with Crippen LogP contribution in [0.15, 0.2) is 0 Å². The van der Waals surface area contributed by atoms with Crippen molar-refractivity contribution in [1.29, 1.82) is 0 Å². The van der Waals surface area contributed by atoms with Crippen LogP contribution in [0, 0.1) is 5.92 Å². The van der Waals surface area contributed by atoms with Gasteiger partial charge >= 0.3 is 5.97 Å². The van der Waals surface area contributed by atoms with Gasteiger partial charge < -0.3 is 5.11 Å².